The van der Waals surface area contributed by atoms with Crippen LogP contribution in [0, 0.1) is 5.92 Å². The van der Waals surface area contributed by atoms with Crippen LogP contribution in [0.3, 0.4) is 0 Å². The number of amides is 2. The number of piperidine rings is 1. The molecule has 1 aliphatic heterocycles. The van der Waals surface area contributed by atoms with Crippen LogP contribution in [0.15, 0.2) is 34.2 Å². The van der Waals surface area contributed by atoms with E-state index in [0.717, 1.165) is 19.3 Å². The first-order chi connectivity index (χ1) is 13.0. The number of fused-ring (bicyclic) bond motifs is 1. The van der Waals surface area contributed by atoms with Gasteiger partial charge < -0.3 is 10.6 Å². The van der Waals surface area contributed by atoms with Gasteiger partial charge in [-0.05, 0) is 31.4 Å². The summed E-state index contributed by atoms with van der Waals surface area (Å²) in [5.41, 5.74) is 5.94. The first-order valence-electron chi connectivity index (χ1n) is 9.20. The van der Waals surface area contributed by atoms with E-state index in [0.29, 0.717) is 35.7 Å². The zero-order chi connectivity index (χ0) is 19.4. The first-order valence-corrected chi connectivity index (χ1v) is 10.2. The molecule has 2 N–H and O–H groups in total. The Kier molecular flexibility index (Phi) is 6.15. The van der Waals surface area contributed by atoms with Crippen molar-refractivity contribution in [1.29, 1.82) is 0 Å². The molecule has 1 aliphatic rings. The lowest BCUT2D eigenvalue weighted by molar-refractivity contribution is -0.132. The molecule has 27 heavy (non-hydrogen) atoms. The van der Waals surface area contributed by atoms with Gasteiger partial charge in [-0.25, -0.2) is 4.98 Å². The summed E-state index contributed by atoms with van der Waals surface area (Å²) in [4.78, 5) is 43.1. The van der Waals surface area contributed by atoms with Gasteiger partial charge >= 0.3 is 0 Å². The van der Waals surface area contributed by atoms with Crippen molar-refractivity contribution >= 4 is 34.5 Å². The Bertz CT molecular complexity index is 911. The summed E-state index contributed by atoms with van der Waals surface area (Å²) in [6.45, 7) is 3.57. The van der Waals surface area contributed by atoms with Gasteiger partial charge in [0.05, 0.1) is 22.6 Å². The van der Waals surface area contributed by atoms with Gasteiger partial charge in [0, 0.05) is 19.6 Å². The molecule has 144 valence electrons. The van der Waals surface area contributed by atoms with E-state index in [2.05, 4.69) is 4.98 Å². The number of nitrogens with zero attached hydrogens (tertiary/aromatic N) is 3. The molecule has 1 saturated heterocycles. The van der Waals surface area contributed by atoms with Gasteiger partial charge in [0.1, 0.15) is 0 Å². The van der Waals surface area contributed by atoms with Gasteiger partial charge in [-0.1, -0.05) is 30.8 Å². The second-order valence-electron chi connectivity index (χ2n) is 6.74. The van der Waals surface area contributed by atoms with E-state index in [1.54, 1.807) is 21.6 Å². The topological polar surface area (TPSA) is 98.3 Å². The largest absolute Gasteiger partial charge is 0.369 e. The lowest BCUT2D eigenvalue weighted by Gasteiger charge is -2.31. The van der Waals surface area contributed by atoms with Crippen molar-refractivity contribution in [2.75, 3.05) is 18.8 Å². The van der Waals surface area contributed by atoms with Crippen molar-refractivity contribution in [3.63, 3.8) is 0 Å². The number of rotatable bonds is 6. The predicted octanol–water partition coefficient (Wildman–Crippen LogP) is 1.62. The van der Waals surface area contributed by atoms with E-state index in [4.69, 9.17) is 5.73 Å². The van der Waals surface area contributed by atoms with E-state index in [1.165, 1.54) is 11.8 Å². The Labute approximate surface area is 161 Å². The highest BCUT2D eigenvalue weighted by Crippen LogP contribution is 2.21. The number of primary amides is 1. The van der Waals surface area contributed by atoms with Crippen LogP contribution in [0.2, 0.25) is 0 Å². The van der Waals surface area contributed by atoms with Gasteiger partial charge in [-0.15, -0.1) is 0 Å². The highest BCUT2D eigenvalue weighted by molar-refractivity contribution is 7.99. The number of carbonyl (C=O) groups excluding carboxylic acids is 2. The molecule has 3 rings (SSSR count). The molecule has 0 radical (unpaired) electrons. The van der Waals surface area contributed by atoms with Crippen LogP contribution >= 0.6 is 11.8 Å². The minimum Gasteiger partial charge on any atom is -0.369 e. The summed E-state index contributed by atoms with van der Waals surface area (Å²) in [6.07, 6.45) is 2.31. The molecule has 0 bridgehead atoms. The van der Waals surface area contributed by atoms with E-state index >= 15 is 0 Å². The van der Waals surface area contributed by atoms with Crippen LogP contribution in [-0.4, -0.2) is 45.1 Å². The maximum Gasteiger partial charge on any atom is 0.262 e. The summed E-state index contributed by atoms with van der Waals surface area (Å²) >= 11 is 1.27. The molecule has 1 fully saturated rings. The second-order valence-corrected chi connectivity index (χ2v) is 7.68. The molecular weight excluding hydrogens is 364 g/mol. The molecule has 7 nitrogen and oxygen atoms in total. The van der Waals surface area contributed by atoms with Crippen LogP contribution in [0.4, 0.5) is 0 Å². The average Bonchev–Trinajstić information content (AvgIpc) is 2.68. The summed E-state index contributed by atoms with van der Waals surface area (Å²) in [6, 6.07) is 7.24. The number of thioether (sulfide) groups is 1. The first kappa shape index (κ1) is 19.4. The Morgan fingerprint density at radius 2 is 2.11 bits per heavy atom. The second kappa shape index (κ2) is 8.56. The molecule has 0 spiro atoms. The molecular formula is C19H24N4O3S. The van der Waals surface area contributed by atoms with E-state index < -0.39 is 0 Å². The Morgan fingerprint density at radius 3 is 2.85 bits per heavy atom. The molecule has 0 saturated carbocycles. The SMILES string of the molecule is CCCn1c(SCC(=O)N2CCC[C@@H](C(N)=O)C2)nc2ccccc2c1=O. The fourth-order valence-corrected chi connectivity index (χ4v) is 4.26. The maximum absolute atomic E-state index is 12.8. The number of aromatic nitrogens is 2. The molecule has 1 aromatic heterocycles. The quantitative estimate of drug-likeness (QED) is 0.599. The minimum absolute atomic E-state index is 0.0589. The minimum atomic E-state index is -0.354. The normalized spacial score (nSPS) is 17.2. The van der Waals surface area contributed by atoms with Gasteiger partial charge in [0.25, 0.3) is 5.56 Å². The number of hydrogen-bond acceptors (Lipinski definition) is 5. The number of carbonyl (C=O) groups is 2. The van der Waals surface area contributed by atoms with E-state index in [9.17, 15) is 14.4 Å². The Hall–Kier alpha value is -2.35. The highest BCUT2D eigenvalue weighted by Gasteiger charge is 2.27. The molecule has 2 amide bonds. The third kappa shape index (κ3) is 4.32. The number of benzene rings is 1. The zero-order valence-corrected chi connectivity index (χ0v) is 16.2. The lowest BCUT2D eigenvalue weighted by Crippen LogP contribution is -2.44. The van der Waals surface area contributed by atoms with Crippen molar-refractivity contribution < 1.29 is 9.59 Å². The fraction of sp³-hybridized carbons (Fsp3) is 0.474. The van der Waals surface area contributed by atoms with Crippen LogP contribution in [0.25, 0.3) is 10.9 Å². The van der Waals surface area contributed by atoms with Crippen molar-refractivity contribution in [3.8, 4) is 0 Å². The molecule has 1 aromatic carbocycles. The maximum atomic E-state index is 12.8. The monoisotopic (exact) mass is 388 g/mol. The van der Waals surface area contributed by atoms with Crippen molar-refractivity contribution in [2.45, 2.75) is 37.9 Å². The highest BCUT2D eigenvalue weighted by atomic mass is 32.2. The van der Waals surface area contributed by atoms with Crippen LogP contribution in [0.1, 0.15) is 26.2 Å². The fourth-order valence-electron chi connectivity index (χ4n) is 3.33. The molecule has 2 aromatic rings. The predicted molar refractivity (Wildman–Crippen MR) is 106 cm³/mol. The van der Waals surface area contributed by atoms with Crippen LogP contribution < -0.4 is 11.3 Å². The summed E-state index contributed by atoms with van der Waals surface area (Å²) < 4.78 is 1.64. The molecule has 2 heterocycles. The van der Waals surface area contributed by atoms with Crippen molar-refractivity contribution in [2.24, 2.45) is 11.7 Å². The third-order valence-electron chi connectivity index (χ3n) is 4.78. The Morgan fingerprint density at radius 1 is 1.33 bits per heavy atom. The Balaban J connectivity index is 1.78. The van der Waals surface area contributed by atoms with Crippen LogP contribution in [-0.2, 0) is 16.1 Å². The number of hydrogen-bond donors (Lipinski definition) is 1. The molecule has 0 unspecified atom stereocenters. The standard InChI is InChI=1S/C19H24N4O3S/c1-2-9-23-18(26)14-7-3-4-8-15(14)21-19(23)27-12-16(24)22-10-5-6-13(11-22)17(20)25/h3-4,7-8,13H,2,5-6,9-12H2,1H3,(H2,20,25)/t13-/m1/s1. The smallest absolute Gasteiger partial charge is 0.262 e. The van der Waals surface area contributed by atoms with E-state index in [-0.39, 0.29) is 29.0 Å². The zero-order valence-electron chi connectivity index (χ0n) is 15.4. The third-order valence-corrected chi connectivity index (χ3v) is 5.74. The number of likely N-dealkylation sites (tertiary alicyclic amines) is 1. The van der Waals surface area contributed by atoms with Gasteiger partial charge in [-0.2, -0.15) is 0 Å². The van der Waals surface area contributed by atoms with Crippen molar-refractivity contribution in [1.82, 2.24) is 14.5 Å². The number of para-hydroxylation sites is 1. The van der Waals surface area contributed by atoms with Crippen molar-refractivity contribution in [3.05, 3.63) is 34.6 Å². The van der Waals surface area contributed by atoms with Gasteiger partial charge in [0.15, 0.2) is 5.16 Å². The summed E-state index contributed by atoms with van der Waals surface area (Å²) in [5, 5.41) is 1.14. The molecule has 0 aliphatic carbocycles. The molecule has 8 heteroatoms. The average molecular weight is 388 g/mol. The van der Waals surface area contributed by atoms with Gasteiger partial charge in [0.2, 0.25) is 11.8 Å². The van der Waals surface area contributed by atoms with Gasteiger partial charge in [-0.3, -0.25) is 19.0 Å². The molecule has 1 atom stereocenters. The summed E-state index contributed by atoms with van der Waals surface area (Å²) in [7, 11) is 0. The number of nitrogens with two attached hydrogens (primary N) is 1. The lowest BCUT2D eigenvalue weighted by atomic mass is 9.97. The van der Waals surface area contributed by atoms with Crippen LogP contribution in [0.5, 0.6) is 0 Å². The summed E-state index contributed by atoms with van der Waals surface area (Å²) in [5.74, 6) is -0.505. The van der Waals surface area contributed by atoms with E-state index in [1.807, 2.05) is 19.1 Å².